The Labute approximate surface area is 45.7 Å². The van der Waals surface area contributed by atoms with Crippen LogP contribution in [0.3, 0.4) is 0 Å². The summed E-state index contributed by atoms with van der Waals surface area (Å²) in [5, 5.41) is 0. The molecule has 44 valence electrons. The van der Waals surface area contributed by atoms with Crippen LogP contribution in [0.2, 0.25) is 0 Å². The molecule has 7 heavy (non-hydrogen) atoms. The summed E-state index contributed by atoms with van der Waals surface area (Å²) in [5.74, 6) is 0. The maximum Gasteiger partial charge on any atom is 0.209 e. The van der Waals surface area contributed by atoms with Gasteiger partial charge in [-0.15, -0.1) is 0 Å². The molecule has 0 aromatic carbocycles. The highest BCUT2D eigenvalue weighted by Gasteiger charge is 1.68. The zero-order valence-corrected chi connectivity index (χ0v) is 4.39. The maximum absolute atomic E-state index is 10.3. The third-order valence-electron chi connectivity index (χ3n) is 0.211. The van der Waals surface area contributed by atoms with Gasteiger partial charge in [0.25, 0.3) is 0 Å². The van der Waals surface area contributed by atoms with Gasteiger partial charge in [-0.2, -0.15) is 0 Å². The van der Waals surface area contributed by atoms with E-state index in [9.17, 15) is 9.18 Å². The van der Waals surface area contributed by atoms with Gasteiger partial charge in [0.15, 0.2) is 0 Å². The van der Waals surface area contributed by atoms with Crippen LogP contribution in [0.15, 0.2) is 0 Å². The predicted molar refractivity (Wildman–Crippen MR) is 26.8 cm³/mol. The molecule has 0 saturated heterocycles. The maximum atomic E-state index is 10.3. The van der Waals surface area contributed by atoms with Crippen molar-refractivity contribution in [1.29, 1.82) is 0 Å². The van der Waals surface area contributed by atoms with E-state index in [1.807, 2.05) is 0 Å². The standard InChI is InChI=1S/C3H7NO.CH3F/c1-4(2)3-5;1-2/h3H,1-2H3;1H3/i;1D2. The van der Waals surface area contributed by atoms with Gasteiger partial charge < -0.3 is 4.90 Å². The average molecular weight is 109 g/mol. The number of halogens is 1. The van der Waals surface area contributed by atoms with E-state index in [0.29, 0.717) is 0 Å². The smallest absolute Gasteiger partial charge is 0.209 e. The Balaban J connectivity index is 0. The lowest BCUT2D eigenvalue weighted by molar-refractivity contribution is -0.115. The number of amides is 1. The van der Waals surface area contributed by atoms with E-state index < -0.39 is 7.13 Å². The Morgan fingerprint density at radius 1 is 1.86 bits per heavy atom. The van der Waals surface area contributed by atoms with Crippen LogP contribution >= 0.6 is 0 Å². The molecular weight excluding hydrogens is 97.0 g/mol. The first kappa shape index (κ1) is 4.56. The zero-order valence-electron chi connectivity index (χ0n) is 6.39. The van der Waals surface area contributed by atoms with Crippen molar-refractivity contribution in [2.45, 2.75) is 0 Å². The molecule has 0 rings (SSSR count). The van der Waals surface area contributed by atoms with Gasteiger partial charge in [-0.25, -0.2) is 0 Å². The monoisotopic (exact) mass is 109 g/mol. The highest BCUT2D eigenvalue weighted by Crippen LogP contribution is 1.52. The van der Waals surface area contributed by atoms with Crippen molar-refractivity contribution in [1.82, 2.24) is 4.90 Å². The first-order chi connectivity index (χ1) is 4.00. The Bertz CT molecular complexity index is 66.8. The minimum Gasteiger partial charge on any atom is -0.351 e. The molecule has 0 unspecified atom stereocenters. The summed E-state index contributed by atoms with van der Waals surface area (Å²) in [6.07, 6.45) is 0.750. The van der Waals surface area contributed by atoms with E-state index in [1.54, 1.807) is 14.1 Å². The SMILES string of the molecule is CN(C)C=O.[2H]C([2H])F. The molecule has 0 aliphatic carbocycles. The van der Waals surface area contributed by atoms with Gasteiger partial charge in [0.2, 0.25) is 6.41 Å². The van der Waals surface area contributed by atoms with Crippen LogP contribution in [0.4, 0.5) is 4.39 Å². The van der Waals surface area contributed by atoms with Crippen molar-refractivity contribution >= 4 is 6.41 Å². The fraction of sp³-hybridized carbons (Fsp3) is 0.750. The van der Waals surface area contributed by atoms with Crippen LogP contribution in [0.5, 0.6) is 0 Å². The number of nitrogens with zero attached hydrogens (tertiary/aromatic N) is 1. The van der Waals surface area contributed by atoms with Gasteiger partial charge in [0.1, 0.15) is 0 Å². The lowest BCUT2D eigenvalue weighted by Crippen LogP contribution is -2.06. The molecule has 0 bridgehead atoms. The Kier molecular flexibility index (Phi) is 5.89. The topological polar surface area (TPSA) is 20.3 Å². The van der Waals surface area contributed by atoms with E-state index in [2.05, 4.69) is 0 Å². The first-order valence-corrected chi connectivity index (χ1v) is 1.61. The minimum atomic E-state index is -2.17. The normalized spacial score (nSPS) is 10.3. The largest absolute Gasteiger partial charge is 0.351 e. The number of hydrogen-bond donors (Lipinski definition) is 0. The first-order valence-electron chi connectivity index (χ1n) is 2.76. The molecule has 0 N–H and O–H groups in total. The highest BCUT2D eigenvalue weighted by molar-refractivity contribution is 5.45. The van der Waals surface area contributed by atoms with Gasteiger partial charge in [0.05, 0.1) is 9.87 Å². The summed E-state index contributed by atoms with van der Waals surface area (Å²) in [5.41, 5.74) is 0. The Morgan fingerprint density at radius 3 is 2.00 bits per heavy atom. The van der Waals surface area contributed by atoms with E-state index in [4.69, 9.17) is 2.74 Å². The Hall–Kier alpha value is -0.600. The highest BCUT2D eigenvalue weighted by atomic mass is 19.1. The molecule has 0 fully saturated rings. The Morgan fingerprint density at radius 2 is 2.00 bits per heavy atom. The summed E-state index contributed by atoms with van der Waals surface area (Å²) in [4.78, 5) is 10.9. The lowest BCUT2D eigenvalue weighted by atomic mass is 11.0. The van der Waals surface area contributed by atoms with Crippen LogP contribution in [0.1, 0.15) is 2.74 Å². The van der Waals surface area contributed by atoms with Gasteiger partial charge in [-0.3, -0.25) is 9.18 Å². The third-order valence-corrected chi connectivity index (χ3v) is 0.211. The molecule has 0 aliphatic rings. The second-order valence-corrected chi connectivity index (χ2v) is 1.07. The van der Waals surface area contributed by atoms with Crippen molar-refractivity contribution in [3.63, 3.8) is 0 Å². The van der Waals surface area contributed by atoms with Crippen LogP contribution < -0.4 is 0 Å². The summed E-state index contributed by atoms with van der Waals surface area (Å²) in [7, 11) is 1.21. The van der Waals surface area contributed by atoms with Crippen LogP contribution in [-0.2, 0) is 4.79 Å². The molecule has 0 atom stereocenters. The fourth-order valence-corrected chi connectivity index (χ4v) is 0. The number of carbonyl (C=O) groups is 1. The van der Waals surface area contributed by atoms with E-state index in [-0.39, 0.29) is 0 Å². The van der Waals surface area contributed by atoms with Gasteiger partial charge in [-0.1, -0.05) is 0 Å². The second kappa shape index (κ2) is 9.04. The van der Waals surface area contributed by atoms with Crippen LogP contribution in [0.25, 0.3) is 0 Å². The number of rotatable bonds is 1. The van der Waals surface area contributed by atoms with Crippen LogP contribution in [0, 0.1) is 0 Å². The van der Waals surface area contributed by atoms with Crippen molar-refractivity contribution in [2.75, 3.05) is 21.2 Å². The van der Waals surface area contributed by atoms with Crippen molar-refractivity contribution in [2.24, 2.45) is 0 Å². The predicted octanol–water partition coefficient (Wildman–Crippen LogP) is 0.290. The molecule has 0 aliphatic heterocycles. The molecular formula is C4H10FNO. The van der Waals surface area contributed by atoms with E-state index in [0.717, 1.165) is 6.41 Å². The zero-order chi connectivity index (χ0) is 7.86. The van der Waals surface area contributed by atoms with E-state index in [1.165, 1.54) is 4.90 Å². The number of carbonyl (C=O) groups excluding carboxylic acids is 1. The van der Waals surface area contributed by atoms with Crippen LogP contribution in [-0.4, -0.2) is 32.5 Å². The number of alkyl halides is 1. The molecule has 3 heteroatoms. The molecule has 0 spiro atoms. The van der Waals surface area contributed by atoms with Gasteiger partial charge in [0, 0.05) is 14.1 Å². The summed E-state index contributed by atoms with van der Waals surface area (Å²) in [6, 6.07) is 0. The minimum absolute atomic E-state index is 0.750. The van der Waals surface area contributed by atoms with Gasteiger partial charge in [-0.05, 0) is 0 Å². The summed E-state index contributed by atoms with van der Waals surface area (Å²) < 4.78 is 21.5. The average Bonchev–Trinajstić information content (AvgIpc) is 1.65. The molecule has 0 aromatic rings. The lowest BCUT2D eigenvalue weighted by Gasteiger charge is -1.93. The van der Waals surface area contributed by atoms with Crippen molar-refractivity contribution in [3.8, 4) is 0 Å². The fourth-order valence-electron chi connectivity index (χ4n) is 0. The van der Waals surface area contributed by atoms with Gasteiger partial charge >= 0.3 is 0 Å². The molecule has 0 aromatic heterocycles. The molecule has 2 nitrogen and oxygen atoms in total. The quantitative estimate of drug-likeness (QED) is 0.443. The van der Waals surface area contributed by atoms with Crippen molar-refractivity contribution < 1.29 is 11.9 Å². The number of hydrogen-bond acceptors (Lipinski definition) is 1. The summed E-state index contributed by atoms with van der Waals surface area (Å²) in [6.45, 7) is 0. The van der Waals surface area contributed by atoms with E-state index >= 15 is 0 Å². The summed E-state index contributed by atoms with van der Waals surface area (Å²) >= 11 is 0. The second-order valence-electron chi connectivity index (χ2n) is 1.07. The molecule has 0 heterocycles. The molecule has 0 radical (unpaired) electrons. The van der Waals surface area contributed by atoms with Crippen molar-refractivity contribution in [3.05, 3.63) is 0 Å². The third kappa shape index (κ3) is 31.8. The molecule has 0 saturated carbocycles. The molecule has 1 amide bonds.